The Morgan fingerprint density at radius 2 is 1.06 bits per heavy atom. The summed E-state index contributed by atoms with van der Waals surface area (Å²) >= 11 is 0. The molecule has 0 saturated heterocycles. The number of rotatable bonds is 3. The molecule has 3 aromatic heterocycles. The van der Waals surface area contributed by atoms with Crippen molar-refractivity contribution in [2.45, 2.75) is 0 Å². The first-order valence-electron chi connectivity index (χ1n) is 11.4. The van der Waals surface area contributed by atoms with Gasteiger partial charge in [0.1, 0.15) is 5.58 Å². The van der Waals surface area contributed by atoms with Crippen molar-refractivity contribution in [3.05, 3.63) is 109 Å². The van der Waals surface area contributed by atoms with Crippen LogP contribution >= 0.6 is 0 Å². The van der Waals surface area contributed by atoms with Gasteiger partial charge in [-0.2, -0.15) is 0 Å². The normalized spacial score (nSPS) is 11.4. The zero-order valence-corrected chi connectivity index (χ0v) is 18.6. The Balaban J connectivity index is 1.52. The summed E-state index contributed by atoms with van der Waals surface area (Å²) in [7, 11) is 0. The lowest BCUT2D eigenvalue weighted by molar-refractivity contribution is 0.671. The van der Waals surface area contributed by atoms with E-state index in [0.29, 0.717) is 28.8 Å². The Kier molecular flexibility index (Phi) is 4.39. The quantitative estimate of drug-likeness (QED) is 0.282. The van der Waals surface area contributed by atoms with E-state index in [0.717, 1.165) is 38.3 Å². The summed E-state index contributed by atoms with van der Waals surface area (Å²) in [6, 6.07) is 34.3. The lowest BCUT2D eigenvalue weighted by Gasteiger charge is -2.08. The van der Waals surface area contributed by atoms with Crippen LogP contribution in [0.2, 0.25) is 0 Å². The summed E-state index contributed by atoms with van der Waals surface area (Å²) in [6.45, 7) is 0. The molecule has 0 aliphatic carbocycles. The van der Waals surface area contributed by atoms with Crippen LogP contribution in [0.25, 0.3) is 67.0 Å². The van der Waals surface area contributed by atoms with Gasteiger partial charge in [-0.15, -0.1) is 0 Å². The second kappa shape index (κ2) is 7.85. The van der Waals surface area contributed by atoms with Crippen LogP contribution in [-0.4, -0.2) is 19.9 Å². The van der Waals surface area contributed by atoms with Crippen molar-refractivity contribution in [3.8, 4) is 34.3 Å². The largest absolute Gasteiger partial charge is 0.453 e. The fourth-order valence-electron chi connectivity index (χ4n) is 4.50. The maximum absolute atomic E-state index is 6.48. The van der Waals surface area contributed by atoms with Gasteiger partial charge in [0.05, 0.1) is 0 Å². The highest BCUT2D eigenvalue weighted by Crippen LogP contribution is 2.37. The van der Waals surface area contributed by atoms with E-state index in [-0.39, 0.29) is 0 Å². The van der Waals surface area contributed by atoms with E-state index < -0.39 is 0 Å². The van der Waals surface area contributed by atoms with Crippen LogP contribution in [0.5, 0.6) is 0 Å². The van der Waals surface area contributed by atoms with Crippen molar-refractivity contribution in [3.63, 3.8) is 0 Å². The Bertz CT molecular complexity index is 1790. The van der Waals surface area contributed by atoms with E-state index in [1.165, 1.54) is 0 Å². The Labute approximate surface area is 200 Å². The van der Waals surface area contributed by atoms with Gasteiger partial charge in [-0.05, 0) is 17.5 Å². The molecule has 0 spiro atoms. The average molecular weight is 451 g/mol. The molecule has 0 bridgehead atoms. The standard InChI is InChI=1S/C30H18N4O/c1-3-10-20(11-4-1)28-32-29(21-12-5-2-6-13-21)34-30(33-28)25-27-24(17-18-31-25)23-16-15-19-9-7-8-14-22(19)26(23)35-27/h1-18H. The summed E-state index contributed by atoms with van der Waals surface area (Å²) in [6.07, 6.45) is 1.79. The van der Waals surface area contributed by atoms with Crippen molar-refractivity contribution >= 4 is 32.7 Å². The summed E-state index contributed by atoms with van der Waals surface area (Å²) in [4.78, 5) is 19.1. The van der Waals surface area contributed by atoms with E-state index in [1.807, 2.05) is 78.9 Å². The Morgan fingerprint density at radius 1 is 0.457 bits per heavy atom. The second-order valence-electron chi connectivity index (χ2n) is 8.34. The summed E-state index contributed by atoms with van der Waals surface area (Å²) < 4.78 is 6.48. The van der Waals surface area contributed by atoms with Gasteiger partial charge in [-0.1, -0.05) is 91.0 Å². The van der Waals surface area contributed by atoms with Crippen LogP contribution in [-0.2, 0) is 0 Å². The second-order valence-corrected chi connectivity index (χ2v) is 8.34. The molecule has 0 radical (unpaired) electrons. The highest BCUT2D eigenvalue weighted by atomic mass is 16.3. The van der Waals surface area contributed by atoms with Crippen LogP contribution < -0.4 is 0 Å². The first-order valence-corrected chi connectivity index (χ1v) is 11.4. The molecular weight excluding hydrogens is 432 g/mol. The molecule has 164 valence electrons. The average Bonchev–Trinajstić information content (AvgIpc) is 3.33. The number of aromatic nitrogens is 4. The molecule has 0 unspecified atom stereocenters. The van der Waals surface area contributed by atoms with Crippen LogP contribution in [0.3, 0.4) is 0 Å². The fourth-order valence-corrected chi connectivity index (χ4v) is 4.50. The smallest absolute Gasteiger partial charge is 0.186 e. The summed E-state index contributed by atoms with van der Waals surface area (Å²) in [5.74, 6) is 1.66. The molecule has 0 N–H and O–H groups in total. The van der Waals surface area contributed by atoms with Gasteiger partial charge in [-0.25, -0.2) is 19.9 Å². The number of nitrogens with zero attached hydrogens (tertiary/aromatic N) is 4. The van der Waals surface area contributed by atoms with Crippen LogP contribution in [0.4, 0.5) is 0 Å². The number of hydrogen-bond donors (Lipinski definition) is 0. The van der Waals surface area contributed by atoms with Gasteiger partial charge in [0, 0.05) is 33.5 Å². The predicted molar refractivity (Wildman–Crippen MR) is 139 cm³/mol. The third-order valence-electron chi connectivity index (χ3n) is 6.19. The van der Waals surface area contributed by atoms with Crippen molar-refractivity contribution in [1.29, 1.82) is 0 Å². The summed E-state index contributed by atoms with van der Waals surface area (Å²) in [5, 5.41) is 4.23. The van der Waals surface area contributed by atoms with Crippen molar-refractivity contribution in [2.24, 2.45) is 0 Å². The fraction of sp³-hybridized carbons (Fsp3) is 0. The zero-order valence-electron chi connectivity index (χ0n) is 18.6. The number of furan rings is 1. The third-order valence-corrected chi connectivity index (χ3v) is 6.19. The first kappa shape index (κ1) is 19.6. The zero-order chi connectivity index (χ0) is 23.2. The van der Waals surface area contributed by atoms with Crippen LogP contribution in [0.1, 0.15) is 0 Å². The van der Waals surface area contributed by atoms with Crippen molar-refractivity contribution < 1.29 is 4.42 Å². The molecule has 0 saturated carbocycles. The molecule has 0 atom stereocenters. The molecule has 0 aliphatic rings. The van der Waals surface area contributed by atoms with E-state index in [2.05, 4.69) is 29.2 Å². The lowest BCUT2D eigenvalue weighted by Crippen LogP contribution is -2.01. The van der Waals surface area contributed by atoms with E-state index in [1.54, 1.807) is 6.20 Å². The molecule has 0 amide bonds. The minimum Gasteiger partial charge on any atom is -0.453 e. The number of fused-ring (bicyclic) bond motifs is 5. The molecule has 5 nitrogen and oxygen atoms in total. The molecule has 4 aromatic carbocycles. The number of pyridine rings is 1. The maximum atomic E-state index is 6.48. The van der Waals surface area contributed by atoms with Gasteiger partial charge >= 0.3 is 0 Å². The topological polar surface area (TPSA) is 64.7 Å². The number of benzene rings is 4. The molecule has 0 aliphatic heterocycles. The van der Waals surface area contributed by atoms with Crippen molar-refractivity contribution in [2.75, 3.05) is 0 Å². The van der Waals surface area contributed by atoms with Crippen LogP contribution in [0.15, 0.2) is 114 Å². The maximum Gasteiger partial charge on any atom is 0.186 e. The highest BCUT2D eigenvalue weighted by molar-refractivity contribution is 6.16. The molecule has 5 heteroatoms. The summed E-state index contributed by atoms with van der Waals surface area (Å²) in [5.41, 5.74) is 3.93. The molecular formula is C30H18N4O. The Hall–Kier alpha value is -4.90. The van der Waals surface area contributed by atoms with E-state index in [9.17, 15) is 0 Å². The minimum atomic E-state index is 0.478. The van der Waals surface area contributed by atoms with E-state index in [4.69, 9.17) is 19.4 Å². The third kappa shape index (κ3) is 3.25. The van der Waals surface area contributed by atoms with Crippen molar-refractivity contribution in [1.82, 2.24) is 19.9 Å². The SMILES string of the molecule is c1ccc(-c2nc(-c3ccccc3)nc(-c3nccc4c3oc3c5ccccc5ccc43)n2)cc1. The molecule has 7 aromatic rings. The van der Waals surface area contributed by atoms with Gasteiger partial charge < -0.3 is 4.42 Å². The van der Waals surface area contributed by atoms with Crippen LogP contribution in [0, 0.1) is 0 Å². The number of hydrogen-bond acceptors (Lipinski definition) is 5. The minimum absolute atomic E-state index is 0.478. The van der Waals surface area contributed by atoms with Gasteiger partial charge in [0.15, 0.2) is 28.8 Å². The van der Waals surface area contributed by atoms with Gasteiger partial charge in [0.25, 0.3) is 0 Å². The van der Waals surface area contributed by atoms with Gasteiger partial charge in [-0.3, -0.25) is 0 Å². The van der Waals surface area contributed by atoms with Gasteiger partial charge in [0.2, 0.25) is 0 Å². The highest BCUT2D eigenvalue weighted by Gasteiger charge is 2.19. The molecule has 7 rings (SSSR count). The lowest BCUT2D eigenvalue weighted by atomic mass is 10.1. The predicted octanol–water partition coefficient (Wildman–Crippen LogP) is 7.32. The molecule has 35 heavy (non-hydrogen) atoms. The Morgan fingerprint density at radius 3 is 1.77 bits per heavy atom. The first-order chi connectivity index (χ1) is 17.3. The molecule has 0 fully saturated rings. The molecule has 3 heterocycles. The monoisotopic (exact) mass is 450 g/mol. The van der Waals surface area contributed by atoms with E-state index >= 15 is 0 Å².